The fourth-order valence-corrected chi connectivity index (χ4v) is 2.49. The average molecular weight is 293 g/mol. The first-order valence-corrected chi connectivity index (χ1v) is 7.50. The summed E-state index contributed by atoms with van der Waals surface area (Å²) in [6.45, 7) is 4.00. The Kier molecular flexibility index (Phi) is 3.87. The Labute approximate surface area is 129 Å². The van der Waals surface area contributed by atoms with Crippen molar-refractivity contribution in [2.75, 3.05) is 12.4 Å². The number of hydrogen-bond acceptors (Lipinski definition) is 3. The molecule has 4 rings (SSSR count). The highest BCUT2D eigenvalue weighted by Crippen LogP contribution is 2.29. The first-order chi connectivity index (χ1) is 10.8. The van der Waals surface area contributed by atoms with Gasteiger partial charge in [-0.25, -0.2) is 9.50 Å². The molecule has 22 heavy (non-hydrogen) atoms. The molecule has 0 radical (unpaired) electrons. The predicted octanol–water partition coefficient (Wildman–Crippen LogP) is 3.42. The summed E-state index contributed by atoms with van der Waals surface area (Å²) in [7, 11) is 1.81. The Balaban J connectivity index is 0.000000693. The van der Waals surface area contributed by atoms with Crippen LogP contribution in [0.15, 0.2) is 47.7 Å². The third kappa shape index (κ3) is 2.45. The highest BCUT2D eigenvalue weighted by Gasteiger charge is 2.16. The van der Waals surface area contributed by atoms with Gasteiger partial charge in [-0.15, -0.1) is 0 Å². The van der Waals surface area contributed by atoms with Gasteiger partial charge in [-0.2, -0.15) is 5.10 Å². The van der Waals surface area contributed by atoms with E-state index in [2.05, 4.69) is 38.6 Å². The molecular formula is C17H19N5. The van der Waals surface area contributed by atoms with Crippen LogP contribution in [0.2, 0.25) is 0 Å². The molecule has 0 spiro atoms. The minimum atomic E-state index is 0.853. The fourth-order valence-electron chi connectivity index (χ4n) is 2.49. The van der Waals surface area contributed by atoms with Gasteiger partial charge in [-0.1, -0.05) is 26.0 Å². The molecule has 1 N–H and O–H groups in total. The maximum Gasteiger partial charge on any atom is 0.155 e. The molecule has 5 heteroatoms. The molecule has 3 aromatic rings. The molecule has 1 aliphatic rings. The van der Waals surface area contributed by atoms with Gasteiger partial charge in [-0.05, 0) is 17.7 Å². The van der Waals surface area contributed by atoms with Crippen molar-refractivity contribution in [3.05, 3.63) is 48.3 Å². The Morgan fingerprint density at radius 2 is 2.05 bits per heavy atom. The number of fused-ring (bicyclic) bond motifs is 2. The molecule has 0 atom stereocenters. The monoisotopic (exact) mass is 293 g/mol. The third-order valence-corrected chi connectivity index (χ3v) is 3.57. The molecule has 0 saturated carbocycles. The summed E-state index contributed by atoms with van der Waals surface area (Å²) in [6, 6.07) is 10.2. The number of amidine groups is 1. The van der Waals surface area contributed by atoms with Gasteiger partial charge in [0, 0.05) is 37.0 Å². The number of nitrogens with zero attached hydrogens (tertiary/aromatic N) is 4. The molecule has 5 nitrogen and oxygen atoms in total. The standard InChI is InChI=1S/C15H13N5.C2H6/c1-16-14-9-11-3-2-10(8-13(11)18-14)12-5-7-20-15(19-12)4-6-17-20;1-2/h2-8H,9H2,1H3,(H,16,18);1-2H3. The minimum Gasteiger partial charge on any atom is -0.344 e. The third-order valence-electron chi connectivity index (χ3n) is 3.57. The van der Waals surface area contributed by atoms with E-state index < -0.39 is 0 Å². The van der Waals surface area contributed by atoms with Crippen LogP contribution in [0.4, 0.5) is 5.69 Å². The maximum absolute atomic E-state index is 4.61. The second kappa shape index (κ2) is 5.97. The van der Waals surface area contributed by atoms with Gasteiger partial charge in [0.2, 0.25) is 0 Å². The lowest BCUT2D eigenvalue weighted by Gasteiger charge is -2.05. The van der Waals surface area contributed by atoms with E-state index in [1.165, 1.54) is 5.56 Å². The molecule has 2 aromatic heterocycles. The zero-order chi connectivity index (χ0) is 15.5. The lowest BCUT2D eigenvalue weighted by atomic mass is 10.1. The van der Waals surface area contributed by atoms with E-state index >= 15 is 0 Å². The lowest BCUT2D eigenvalue weighted by molar-refractivity contribution is 0.941. The van der Waals surface area contributed by atoms with Crippen LogP contribution in [0, 0.1) is 0 Å². The smallest absolute Gasteiger partial charge is 0.155 e. The van der Waals surface area contributed by atoms with Crippen molar-refractivity contribution in [1.29, 1.82) is 0 Å². The molecular weight excluding hydrogens is 274 g/mol. The SMILES string of the molecule is CC.CN=C1Cc2ccc(-c3ccn4nccc4n3)cc2N1. The Morgan fingerprint density at radius 3 is 2.86 bits per heavy atom. The van der Waals surface area contributed by atoms with E-state index in [0.29, 0.717) is 0 Å². The molecule has 1 aliphatic heterocycles. The molecule has 112 valence electrons. The van der Waals surface area contributed by atoms with Crippen LogP contribution >= 0.6 is 0 Å². The van der Waals surface area contributed by atoms with Gasteiger partial charge in [-0.3, -0.25) is 4.99 Å². The summed E-state index contributed by atoms with van der Waals surface area (Å²) in [5, 5.41) is 7.49. The van der Waals surface area contributed by atoms with Crippen molar-refractivity contribution >= 4 is 17.2 Å². The normalized spacial score (nSPS) is 14.4. The van der Waals surface area contributed by atoms with E-state index in [-0.39, 0.29) is 0 Å². The second-order valence-electron chi connectivity index (χ2n) is 4.79. The molecule has 0 unspecified atom stereocenters. The van der Waals surface area contributed by atoms with Gasteiger partial charge >= 0.3 is 0 Å². The molecule has 0 aliphatic carbocycles. The summed E-state index contributed by atoms with van der Waals surface area (Å²) >= 11 is 0. The number of hydrogen-bond donors (Lipinski definition) is 1. The number of anilines is 1. The highest BCUT2D eigenvalue weighted by atomic mass is 15.2. The van der Waals surface area contributed by atoms with Crippen LogP contribution in [0.3, 0.4) is 0 Å². The highest BCUT2D eigenvalue weighted by molar-refractivity contribution is 6.03. The van der Waals surface area contributed by atoms with Crippen LogP contribution in [-0.4, -0.2) is 27.5 Å². The minimum absolute atomic E-state index is 0.853. The molecule has 0 bridgehead atoms. The summed E-state index contributed by atoms with van der Waals surface area (Å²) in [5.74, 6) is 1.01. The summed E-state index contributed by atoms with van der Waals surface area (Å²) < 4.78 is 1.76. The van der Waals surface area contributed by atoms with Gasteiger partial charge in [0.15, 0.2) is 5.65 Å². The van der Waals surface area contributed by atoms with E-state index in [1.54, 1.807) is 10.7 Å². The number of rotatable bonds is 1. The van der Waals surface area contributed by atoms with Crippen molar-refractivity contribution in [3.8, 4) is 11.3 Å². The molecule has 3 heterocycles. The van der Waals surface area contributed by atoms with Crippen LogP contribution in [-0.2, 0) is 6.42 Å². The summed E-state index contributed by atoms with van der Waals surface area (Å²) in [5.41, 5.74) is 5.30. The number of aliphatic imine (C=N–C) groups is 1. The Hall–Kier alpha value is -2.69. The lowest BCUT2D eigenvalue weighted by Crippen LogP contribution is -2.04. The number of nitrogens with one attached hydrogen (secondary N) is 1. The maximum atomic E-state index is 4.61. The van der Waals surface area contributed by atoms with Gasteiger partial charge in [0.05, 0.1) is 11.9 Å². The van der Waals surface area contributed by atoms with Gasteiger partial charge in [0.25, 0.3) is 0 Å². The first-order valence-electron chi connectivity index (χ1n) is 7.50. The van der Waals surface area contributed by atoms with E-state index in [9.17, 15) is 0 Å². The van der Waals surface area contributed by atoms with Crippen molar-refractivity contribution < 1.29 is 0 Å². The average Bonchev–Trinajstić information content (AvgIpc) is 3.21. The Morgan fingerprint density at radius 1 is 1.18 bits per heavy atom. The molecule has 0 amide bonds. The quantitative estimate of drug-likeness (QED) is 0.748. The van der Waals surface area contributed by atoms with Crippen LogP contribution in [0.25, 0.3) is 16.9 Å². The summed E-state index contributed by atoms with van der Waals surface area (Å²) in [4.78, 5) is 8.83. The zero-order valence-corrected chi connectivity index (χ0v) is 13.0. The van der Waals surface area contributed by atoms with Crippen LogP contribution in [0.1, 0.15) is 19.4 Å². The second-order valence-corrected chi connectivity index (χ2v) is 4.79. The van der Waals surface area contributed by atoms with Gasteiger partial charge in [0.1, 0.15) is 5.84 Å². The van der Waals surface area contributed by atoms with E-state index in [4.69, 9.17) is 0 Å². The number of aromatic nitrogens is 3. The largest absolute Gasteiger partial charge is 0.344 e. The topological polar surface area (TPSA) is 54.6 Å². The Bertz CT molecular complexity index is 832. The van der Waals surface area contributed by atoms with Crippen LogP contribution in [0.5, 0.6) is 0 Å². The summed E-state index contributed by atoms with van der Waals surface area (Å²) in [6.07, 6.45) is 4.55. The number of benzene rings is 1. The molecule has 0 fully saturated rings. The van der Waals surface area contributed by atoms with Crippen molar-refractivity contribution in [2.45, 2.75) is 20.3 Å². The van der Waals surface area contributed by atoms with Crippen molar-refractivity contribution in [2.24, 2.45) is 4.99 Å². The van der Waals surface area contributed by atoms with E-state index in [1.807, 2.05) is 39.2 Å². The predicted molar refractivity (Wildman–Crippen MR) is 90.5 cm³/mol. The first kappa shape index (κ1) is 14.3. The zero-order valence-electron chi connectivity index (χ0n) is 13.0. The fraction of sp³-hybridized carbons (Fsp3) is 0.235. The molecule has 0 saturated heterocycles. The molecule has 1 aromatic carbocycles. The van der Waals surface area contributed by atoms with Crippen molar-refractivity contribution in [3.63, 3.8) is 0 Å². The van der Waals surface area contributed by atoms with Crippen LogP contribution < -0.4 is 5.32 Å². The van der Waals surface area contributed by atoms with E-state index in [0.717, 1.165) is 34.8 Å². The van der Waals surface area contributed by atoms with Crippen molar-refractivity contribution in [1.82, 2.24) is 14.6 Å². The van der Waals surface area contributed by atoms with Gasteiger partial charge < -0.3 is 5.32 Å².